The summed E-state index contributed by atoms with van der Waals surface area (Å²) < 4.78 is 0. The second-order valence-electron chi connectivity index (χ2n) is 4.97. The van der Waals surface area contributed by atoms with Crippen LogP contribution in [0.2, 0.25) is 0 Å². The first-order valence-corrected chi connectivity index (χ1v) is 6.08. The molecule has 0 aromatic rings. The molecule has 0 saturated carbocycles. The predicted octanol–water partition coefficient (Wildman–Crippen LogP) is 1.27. The lowest BCUT2D eigenvalue weighted by molar-refractivity contribution is -0.125. The average Bonchev–Trinajstić information content (AvgIpc) is 2.18. The summed E-state index contributed by atoms with van der Waals surface area (Å²) in [6.07, 6.45) is 2.82. The highest BCUT2D eigenvalue weighted by atomic mass is 16.1. The molecule has 1 aliphatic rings. The van der Waals surface area contributed by atoms with E-state index in [9.17, 15) is 4.79 Å². The molecule has 1 heterocycles. The van der Waals surface area contributed by atoms with Gasteiger partial charge in [-0.2, -0.15) is 0 Å². The molecule has 1 rings (SSSR count). The number of hydrogen-bond donors (Lipinski definition) is 1. The minimum Gasteiger partial charge on any atom is -0.329 e. The highest BCUT2D eigenvalue weighted by Crippen LogP contribution is 2.20. The van der Waals surface area contributed by atoms with E-state index in [1.54, 1.807) is 0 Å². The topological polar surface area (TPSA) is 46.3 Å². The number of rotatable bonds is 5. The second-order valence-corrected chi connectivity index (χ2v) is 4.97. The maximum atomic E-state index is 11.8. The summed E-state index contributed by atoms with van der Waals surface area (Å²) in [5, 5.41) is 0. The number of nitrogens with zero attached hydrogens (tertiary/aromatic N) is 1. The third kappa shape index (κ3) is 4.31. The zero-order chi connectivity index (χ0) is 11.3. The molecule has 1 aliphatic heterocycles. The van der Waals surface area contributed by atoms with Gasteiger partial charge in [-0.25, -0.2) is 0 Å². The molecule has 1 fully saturated rings. The zero-order valence-electron chi connectivity index (χ0n) is 10.0. The Morgan fingerprint density at radius 3 is 2.47 bits per heavy atom. The van der Waals surface area contributed by atoms with Crippen molar-refractivity contribution in [2.75, 3.05) is 26.2 Å². The number of hydrogen-bond acceptors (Lipinski definition) is 3. The SMILES string of the molecule is CC(C)CC(=O)C1CCN(CCN)CC1. The van der Waals surface area contributed by atoms with Crippen LogP contribution >= 0.6 is 0 Å². The number of piperidine rings is 1. The van der Waals surface area contributed by atoms with Crippen LogP contribution in [0, 0.1) is 11.8 Å². The lowest BCUT2D eigenvalue weighted by Crippen LogP contribution is -2.39. The molecule has 0 radical (unpaired) electrons. The van der Waals surface area contributed by atoms with E-state index < -0.39 is 0 Å². The average molecular weight is 212 g/mol. The van der Waals surface area contributed by atoms with Crippen LogP contribution in [-0.2, 0) is 4.79 Å². The Labute approximate surface area is 93.0 Å². The summed E-state index contributed by atoms with van der Waals surface area (Å²) in [5.41, 5.74) is 5.51. The van der Waals surface area contributed by atoms with Crippen molar-refractivity contribution in [3.63, 3.8) is 0 Å². The molecule has 0 amide bonds. The van der Waals surface area contributed by atoms with Crippen molar-refractivity contribution in [3.05, 3.63) is 0 Å². The second kappa shape index (κ2) is 6.23. The van der Waals surface area contributed by atoms with Crippen LogP contribution in [0.5, 0.6) is 0 Å². The lowest BCUT2D eigenvalue weighted by atomic mass is 9.88. The van der Waals surface area contributed by atoms with Gasteiger partial charge in [0.05, 0.1) is 0 Å². The third-order valence-corrected chi connectivity index (χ3v) is 3.10. The number of ketones is 1. The van der Waals surface area contributed by atoms with Crippen molar-refractivity contribution in [2.45, 2.75) is 33.1 Å². The molecule has 0 atom stereocenters. The van der Waals surface area contributed by atoms with Crippen molar-refractivity contribution < 1.29 is 4.79 Å². The summed E-state index contributed by atoms with van der Waals surface area (Å²) in [6, 6.07) is 0. The van der Waals surface area contributed by atoms with E-state index in [0.29, 0.717) is 17.6 Å². The van der Waals surface area contributed by atoms with Crippen molar-refractivity contribution in [1.82, 2.24) is 4.90 Å². The van der Waals surface area contributed by atoms with Crippen molar-refractivity contribution in [2.24, 2.45) is 17.6 Å². The smallest absolute Gasteiger partial charge is 0.136 e. The fourth-order valence-corrected chi connectivity index (χ4v) is 2.23. The number of carbonyl (C=O) groups excluding carboxylic acids is 1. The molecule has 0 aromatic carbocycles. The van der Waals surface area contributed by atoms with Crippen molar-refractivity contribution in [1.29, 1.82) is 0 Å². The number of Topliss-reactive ketones (excluding diaryl/α,β-unsaturated/α-hetero) is 1. The van der Waals surface area contributed by atoms with E-state index in [1.807, 2.05) is 0 Å². The Balaban J connectivity index is 2.27. The van der Waals surface area contributed by atoms with Crippen LogP contribution in [0.4, 0.5) is 0 Å². The lowest BCUT2D eigenvalue weighted by Gasteiger charge is -2.31. The summed E-state index contributed by atoms with van der Waals surface area (Å²) in [7, 11) is 0. The van der Waals surface area contributed by atoms with Gasteiger partial charge < -0.3 is 10.6 Å². The summed E-state index contributed by atoms with van der Waals surface area (Å²) in [4.78, 5) is 14.2. The van der Waals surface area contributed by atoms with Crippen LogP contribution in [0.1, 0.15) is 33.1 Å². The fraction of sp³-hybridized carbons (Fsp3) is 0.917. The number of likely N-dealkylation sites (tertiary alicyclic amines) is 1. The third-order valence-electron chi connectivity index (χ3n) is 3.10. The van der Waals surface area contributed by atoms with Crippen molar-refractivity contribution in [3.8, 4) is 0 Å². The molecule has 3 heteroatoms. The molecule has 0 unspecified atom stereocenters. The quantitative estimate of drug-likeness (QED) is 0.746. The molecular weight excluding hydrogens is 188 g/mol. The van der Waals surface area contributed by atoms with E-state index in [1.165, 1.54) is 0 Å². The minimum absolute atomic E-state index is 0.321. The van der Waals surface area contributed by atoms with Gasteiger partial charge in [-0.05, 0) is 31.8 Å². The van der Waals surface area contributed by atoms with E-state index in [-0.39, 0.29) is 0 Å². The molecule has 0 aliphatic carbocycles. The van der Waals surface area contributed by atoms with E-state index in [4.69, 9.17) is 5.73 Å². The Morgan fingerprint density at radius 2 is 2.00 bits per heavy atom. The molecular formula is C12H24N2O. The Bertz CT molecular complexity index is 196. The molecule has 2 N–H and O–H groups in total. The van der Waals surface area contributed by atoms with E-state index in [0.717, 1.165) is 45.4 Å². The van der Waals surface area contributed by atoms with Gasteiger partial charge in [0.25, 0.3) is 0 Å². The highest BCUT2D eigenvalue weighted by Gasteiger charge is 2.24. The number of carbonyl (C=O) groups is 1. The number of nitrogens with two attached hydrogens (primary N) is 1. The van der Waals surface area contributed by atoms with Gasteiger partial charge in [-0.15, -0.1) is 0 Å². The molecule has 15 heavy (non-hydrogen) atoms. The van der Waals surface area contributed by atoms with Gasteiger partial charge >= 0.3 is 0 Å². The zero-order valence-corrected chi connectivity index (χ0v) is 10.0. The first-order chi connectivity index (χ1) is 7.13. The molecule has 0 aromatic heterocycles. The van der Waals surface area contributed by atoms with E-state index >= 15 is 0 Å². The molecule has 1 saturated heterocycles. The summed E-state index contributed by atoms with van der Waals surface area (Å²) >= 11 is 0. The first kappa shape index (κ1) is 12.7. The van der Waals surface area contributed by atoms with Gasteiger partial charge in [0, 0.05) is 25.4 Å². The van der Waals surface area contributed by atoms with Crippen LogP contribution < -0.4 is 5.73 Å². The Hall–Kier alpha value is -0.410. The predicted molar refractivity (Wildman–Crippen MR) is 62.7 cm³/mol. The standard InChI is InChI=1S/C12H24N2O/c1-10(2)9-12(15)11-3-6-14(7-4-11)8-5-13/h10-11H,3-9,13H2,1-2H3. The first-order valence-electron chi connectivity index (χ1n) is 6.08. The normalized spacial score (nSPS) is 19.7. The van der Waals surface area contributed by atoms with Crippen LogP contribution in [0.15, 0.2) is 0 Å². The minimum atomic E-state index is 0.321. The molecule has 0 spiro atoms. The fourth-order valence-electron chi connectivity index (χ4n) is 2.23. The summed E-state index contributed by atoms with van der Waals surface area (Å²) in [6.45, 7) is 8.02. The highest BCUT2D eigenvalue weighted by molar-refractivity contribution is 5.81. The van der Waals surface area contributed by atoms with Crippen LogP contribution in [0.3, 0.4) is 0 Å². The molecule has 88 valence electrons. The summed E-state index contributed by atoms with van der Waals surface area (Å²) in [5.74, 6) is 1.29. The Morgan fingerprint density at radius 1 is 1.40 bits per heavy atom. The van der Waals surface area contributed by atoms with Crippen LogP contribution in [0.25, 0.3) is 0 Å². The Kier molecular flexibility index (Phi) is 5.26. The van der Waals surface area contributed by atoms with Crippen LogP contribution in [-0.4, -0.2) is 36.9 Å². The molecule has 0 bridgehead atoms. The van der Waals surface area contributed by atoms with Crippen molar-refractivity contribution >= 4 is 5.78 Å². The maximum absolute atomic E-state index is 11.8. The molecule has 3 nitrogen and oxygen atoms in total. The van der Waals surface area contributed by atoms with Gasteiger partial charge in [0.1, 0.15) is 5.78 Å². The van der Waals surface area contributed by atoms with Gasteiger partial charge in [0.2, 0.25) is 0 Å². The van der Waals surface area contributed by atoms with E-state index in [2.05, 4.69) is 18.7 Å². The monoisotopic (exact) mass is 212 g/mol. The van der Waals surface area contributed by atoms with Gasteiger partial charge in [0.15, 0.2) is 0 Å². The van der Waals surface area contributed by atoms with Gasteiger partial charge in [-0.3, -0.25) is 4.79 Å². The van der Waals surface area contributed by atoms with Gasteiger partial charge in [-0.1, -0.05) is 13.8 Å². The largest absolute Gasteiger partial charge is 0.329 e. The maximum Gasteiger partial charge on any atom is 0.136 e.